The predicted octanol–water partition coefficient (Wildman–Crippen LogP) is 3.47. The van der Waals surface area contributed by atoms with E-state index in [0.29, 0.717) is 11.3 Å². The van der Waals surface area contributed by atoms with E-state index in [2.05, 4.69) is 17.0 Å². The molecule has 0 spiro atoms. The quantitative estimate of drug-likeness (QED) is 0.612. The number of aryl methyl sites for hydroxylation is 1. The van der Waals surface area contributed by atoms with E-state index in [1.54, 1.807) is 28.0 Å². The summed E-state index contributed by atoms with van der Waals surface area (Å²) in [5.41, 5.74) is 1.21. The van der Waals surface area contributed by atoms with Crippen LogP contribution in [0, 0.1) is 0 Å². The molecule has 3 aromatic heterocycles. The molecule has 6 heteroatoms. The van der Waals surface area contributed by atoms with Gasteiger partial charge in [-0.05, 0) is 18.6 Å². The maximum absolute atomic E-state index is 9.77. The predicted molar refractivity (Wildman–Crippen MR) is 77.1 cm³/mol. The Hall–Kier alpha value is -2.34. The van der Waals surface area contributed by atoms with Crippen LogP contribution in [0.2, 0.25) is 0 Å². The molecule has 5 nitrogen and oxygen atoms in total. The number of phenolic OH excluding ortho intramolecular Hbond substituents is 1. The van der Waals surface area contributed by atoms with Crippen molar-refractivity contribution < 1.29 is 9.52 Å². The molecule has 0 aliphatic heterocycles. The lowest BCUT2D eigenvalue weighted by Crippen LogP contribution is -1.83. The van der Waals surface area contributed by atoms with E-state index in [-0.39, 0.29) is 5.75 Å². The van der Waals surface area contributed by atoms with Gasteiger partial charge < -0.3 is 9.52 Å². The molecule has 0 saturated heterocycles. The SMILES string of the molecule is CCc1nn2cc(-c3cc4cccc(O)c4o3)nc2s1. The zero-order chi connectivity index (χ0) is 13.7. The Labute approximate surface area is 118 Å². The molecule has 20 heavy (non-hydrogen) atoms. The molecule has 0 aliphatic rings. The zero-order valence-electron chi connectivity index (χ0n) is 10.7. The average Bonchev–Trinajstić information content (AvgIpc) is 3.09. The summed E-state index contributed by atoms with van der Waals surface area (Å²) < 4.78 is 7.46. The fourth-order valence-corrected chi connectivity index (χ4v) is 2.99. The topological polar surface area (TPSA) is 63.6 Å². The maximum Gasteiger partial charge on any atom is 0.212 e. The highest BCUT2D eigenvalue weighted by atomic mass is 32.1. The first-order valence-electron chi connectivity index (χ1n) is 6.31. The molecular formula is C14H11N3O2S. The number of imidazole rings is 1. The first-order valence-corrected chi connectivity index (χ1v) is 7.13. The number of aromatic nitrogens is 3. The van der Waals surface area contributed by atoms with Crippen molar-refractivity contribution in [1.29, 1.82) is 0 Å². The minimum Gasteiger partial charge on any atom is -0.504 e. The maximum atomic E-state index is 9.77. The summed E-state index contributed by atoms with van der Waals surface area (Å²) in [6.07, 6.45) is 2.75. The Balaban J connectivity index is 1.87. The highest BCUT2D eigenvalue weighted by Crippen LogP contribution is 2.32. The van der Waals surface area contributed by atoms with Crippen LogP contribution in [0.4, 0.5) is 0 Å². The highest BCUT2D eigenvalue weighted by molar-refractivity contribution is 7.16. The van der Waals surface area contributed by atoms with Crippen LogP contribution in [0.3, 0.4) is 0 Å². The molecule has 0 unspecified atom stereocenters. The third-order valence-electron chi connectivity index (χ3n) is 3.16. The average molecular weight is 285 g/mol. The highest BCUT2D eigenvalue weighted by Gasteiger charge is 2.14. The zero-order valence-corrected chi connectivity index (χ0v) is 11.5. The molecule has 0 bridgehead atoms. The van der Waals surface area contributed by atoms with Crippen LogP contribution in [0.1, 0.15) is 11.9 Å². The second kappa shape index (κ2) is 4.08. The van der Waals surface area contributed by atoms with Gasteiger partial charge in [0.15, 0.2) is 17.1 Å². The summed E-state index contributed by atoms with van der Waals surface area (Å²) >= 11 is 1.57. The van der Waals surface area contributed by atoms with Gasteiger partial charge in [0.2, 0.25) is 4.96 Å². The van der Waals surface area contributed by atoms with Crippen molar-refractivity contribution in [3.63, 3.8) is 0 Å². The first kappa shape index (κ1) is 11.5. The lowest BCUT2D eigenvalue weighted by molar-refractivity contribution is 0.466. The Morgan fingerprint density at radius 2 is 2.30 bits per heavy atom. The number of benzene rings is 1. The van der Waals surface area contributed by atoms with Crippen LogP contribution < -0.4 is 0 Å². The van der Waals surface area contributed by atoms with Gasteiger partial charge in [-0.15, -0.1) is 0 Å². The number of para-hydroxylation sites is 1. The third-order valence-corrected chi connectivity index (χ3v) is 4.23. The van der Waals surface area contributed by atoms with E-state index in [9.17, 15) is 5.11 Å². The van der Waals surface area contributed by atoms with E-state index in [1.165, 1.54) is 0 Å². The van der Waals surface area contributed by atoms with E-state index in [0.717, 1.165) is 27.5 Å². The Morgan fingerprint density at radius 1 is 1.40 bits per heavy atom. The van der Waals surface area contributed by atoms with Gasteiger partial charge >= 0.3 is 0 Å². The van der Waals surface area contributed by atoms with E-state index in [4.69, 9.17) is 4.42 Å². The van der Waals surface area contributed by atoms with Crippen molar-refractivity contribution in [3.05, 3.63) is 35.5 Å². The van der Waals surface area contributed by atoms with Gasteiger partial charge in [-0.3, -0.25) is 0 Å². The number of phenols is 1. The van der Waals surface area contributed by atoms with Crippen LogP contribution in [0.25, 0.3) is 27.4 Å². The van der Waals surface area contributed by atoms with Crippen molar-refractivity contribution in [2.75, 3.05) is 0 Å². The molecule has 0 amide bonds. The minimum atomic E-state index is 0.140. The lowest BCUT2D eigenvalue weighted by atomic mass is 10.2. The molecular weight excluding hydrogens is 274 g/mol. The van der Waals surface area contributed by atoms with E-state index < -0.39 is 0 Å². The van der Waals surface area contributed by atoms with Crippen LogP contribution in [-0.2, 0) is 6.42 Å². The van der Waals surface area contributed by atoms with Gasteiger partial charge in [-0.2, -0.15) is 5.10 Å². The summed E-state index contributed by atoms with van der Waals surface area (Å²) in [5.74, 6) is 0.776. The molecule has 0 fully saturated rings. The number of furan rings is 1. The Bertz CT molecular complexity index is 888. The fraction of sp³-hybridized carbons (Fsp3) is 0.143. The largest absolute Gasteiger partial charge is 0.504 e. The molecule has 0 atom stereocenters. The molecule has 4 aromatic rings. The summed E-state index contributed by atoms with van der Waals surface area (Å²) in [5, 5.41) is 16.1. The standard InChI is InChI=1S/C14H11N3O2S/c1-2-12-16-17-7-9(15-14(17)20-12)11-6-8-4-3-5-10(18)13(8)19-11/h3-7,18H,2H2,1H3. The van der Waals surface area contributed by atoms with E-state index in [1.807, 2.05) is 18.3 Å². The second-order valence-electron chi connectivity index (χ2n) is 4.51. The third kappa shape index (κ3) is 1.61. The van der Waals surface area contributed by atoms with Gasteiger partial charge in [0.05, 0.1) is 6.20 Å². The number of rotatable bonds is 2. The first-order chi connectivity index (χ1) is 9.74. The Morgan fingerprint density at radius 3 is 3.05 bits per heavy atom. The van der Waals surface area contributed by atoms with Crippen LogP contribution in [-0.4, -0.2) is 19.7 Å². The molecule has 100 valence electrons. The van der Waals surface area contributed by atoms with Gasteiger partial charge in [0, 0.05) is 5.39 Å². The molecule has 1 aromatic carbocycles. The van der Waals surface area contributed by atoms with Crippen LogP contribution in [0.5, 0.6) is 5.75 Å². The molecule has 3 heterocycles. The molecule has 0 saturated carbocycles. The summed E-state index contributed by atoms with van der Waals surface area (Å²) in [6, 6.07) is 7.17. The lowest BCUT2D eigenvalue weighted by Gasteiger charge is -1.91. The van der Waals surface area contributed by atoms with Gasteiger partial charge in [0.1, 0.15) is 10.7 Å². The van der Waals surface area contributed by atoms with Gasteiger partial charge in [-0.25, -0.2) is 9.50 Å². The molecule has 0 radical (unpaired) electrons. The summed E-state index contributed by atoms with van der Waals surface area (Å²) in [4.78, 5) is 5.37. The minimum absolute atomic E-state index is 0.140. The fourth-order valence-electron chi connectivity index (χ4n) is 2.18. The molecule has 0 aliphatic carbocycles. The van der Waals surface area contributed by atoms with Gasteiger partial charge in [-0.1, -0.05) is 30.4 Å². The van der Waals surface area contributed by atoms with Gasteiger partial charge in [0.25, 0.3) is 0 Å². The monoisotopic (exact) mass is 285 g/mol. The summed E-state index contributed by atoms with van der Waals surface area (Å²) in [6.45, 7) is 2.07. The number of aromatic hydroxyl groups is 1. The van der Waals surface area contributed by atoms with Crippen molar-refractivity contribution in [2.45, 2.75) is 13.3 Å². The smallest absolute Gasteiger partial charge is 0.212 e. The number of fused-ring (bicyclic) bond motifs is 2. The van der Waals surface area contributed by atoms with Crippen LogP contribution in [0.15, 0.2) is 34.9 Å². The molecule has 1 N–H and O–H groups in total. The van der Waals surface area contributed by atoms with Crippen molar-refractivity contribution in [1.82, 2.24) is 14.6 Å². The number of nitrogens with zero attached hydrogens (tertiary/aromatic N) is 3. The van der Waals surface area contributed by atoms with Crippen molar-refractivity contribution >= 4 is 27.3 Å². The van der Waals surface area contributed by atoms with Crippen molar-refractivity contribution in [3.8, 4) is 17.2 Å². The summed E-state index contributed by atoms with van der Waals surface area (Å²) in [7, 11) is 0. The second-order valence-corrected chi connectivity index (χ2v) is 5.55. The van der Waals surface area contributed by atoms with Crippen molar-refractivity contribution in [2.24, 2.45) is 0 Å². The molecule has 4 rings (SSSR count). The normalized spacial score (nSPS) is 11.7. The van der Waals surface area contributed by atoms with Crippen LogP contribution >= 0.6 is 11.3 Å². The van der Waals surface area contributed by atoms with E-state index >= 15 is 0 Å². The Kier molecular flexibility index (Phi) is 2.34. The number of hydrogen-bond acceptors (Lipinski definition) is 5. The number of hydrogen-bond donors (Lipinski definition) is 1.